The predicted octanol–water partition coefficient (Wildman–Crippen LogP) is 2.39. The Labute approximate surface area is 124 Å². The van der Waals surface area contributed by atoms with Gasteiger partial charge in [-0.05, 0) is 12.1 Å². The van der Waals surface area contributed by atoms with Gasteiger partial charge < -0.3 is 4.74 Å². The number of ether oxygens (including phenoxy) is 1. The van der Waals surface area contributed by atoms with Crippen molar-refractivity contribution < 1.29 is 9.53 Å². The van der Waals surface area contributed by atoms with E-state index in [0.717, 1.165) is 11.3 Å². The van der Waals surface area contributed by atoms with Crippen LogP contribution in [-0.4, -0.2) is 36.9 Å². The lowest BCUT2D eigenvalue weighted by atomic mass is 10.1. The average Bonchev–Trinajstić information content (AvgIpc) is 2.54. The van der Waals surface area contributed by atoms with E-state index in [2.05, 4.69) is 10.2 Å². The first kappa shape index (κ1) is 15.1. The van der Waals surface area contributed by atoms with Crippen molar-refractivity contribution in [2.24, 2.45) is 5.92 Å². The van der Waals surface area contributed by atoms with Crippen LogP contribution >= 0.6 is 0 Å². The number of nitrogens with zero attached hydrogens (tertiary/aromatic N) is 3. The van der Waals surface area contributed by atoms with E-state index in [1.807, 2.05) is 43.3 Å². The van der Waals surface area contributed by atoms with Gasteiger partial charge in [0, 0.05) is 19.7 Å². The molecule has 1 atom stereocenters. The Bertz CT molecular complexity index is 584. The van der Waals surface area contributed by atoms with Crippen molar-refractivity contribution in [1.29, 1.82) is 0 Å². The van der Waals surface area contributed by atoms with Crippen molar-refractivity contribution in [1.82, 2.24) is 10.2 Å². The first-order valence-corrected chi connectivity index (χ1v) is 6.79. The Hall–Kier alpha value is -2.27. The standard InChI is InChI=1S/C16H19N3O2/c1-12(11-21-3)16(20)19(2)15-10-9-14(17-18-15)13-7-5-4-6-8-13/h4-10,12H,11H2,1-3H3/t12-/m1/s1. The van der Waals surface area contributed by atoms with Crippen molar-refractivity contribution in [3.8, 4) is 11.3 Å². The molecule has 0 aliphatic rings. The van der Waals surface area contributed by atoms with Crippen LogP contribution < -0.4 is 4.90 Å². The lowest BCUT2D eigenvalue weighted by Gasteiger charge is -2.19. The number of aromatic nitrogens is 2. The molecular weight excluding hydrogens is 266 g/mol. The molecule has 110 valence electrons. The number of carbonyl (C=O) groups excluding carboxylic acids is 1. The lowest BCUT2D eigenvalue weighted by Crippen LogP contribution is -2.34. The molecule has 0 fully saturated rings. The van der Waals surface area contributed by atoms with E-state index in [-0.39, 0.29) is 11.8 Å². The van der Waals surface area contributed by atoms with Crippen LogP contribution in [-0.2, 0) is 9.53 Å². The molecule has 1 aromatic carbocycles. The van der Waals surface area contributed by atoms with Gasteiger partial charge in [-0.15, -0.1) is 10.2 Å². The largest absolute Gasteiger partial charge is 0.384 e. The van der Waals surface area contributed by atoms with Gasteiger partial charge in [0.15, 0.2) is 5.82 Å². The molecule has 0 aliphatic carbocycles. The molecule has 2 rings (SSSR count). The average molecular weight is 285 g/mol. The number of methoxy groups -OCH3 is 1. The third-order valence-electron chi connectivity index (χ3n) is 3.23. The Balaban J connectivity index is 2.13. The molecule has 1 heterocycles. The van der Waals surface area contributed by atoms with Gasteiger partial charge in [0.25, 0.3) is 0 Å². The van der Waals surface area contributed by atoms with Crippen LogP contribution in [0.2, 0.25) is 0 Å². The molecule has 0 radical (unpaired) electrons. The third-order valence-corrected chi connectivity index (χ3v) is 3.23. The fraction of sp³-hybridized carbons (Fsp3) is 0.312. The zero-order valence-electron chi connectivity index (χ0n) is 12.5. The number of benzene rings is 1. The van der Waals surface area contributed by atoms with Crippen molar-refractivity contribution >= 4 is 11.7 Å². The van der Waals surface area contributed by atoms with E-state index in [1.165, 1.54) is 4.90 Å². The van der Waals surface area contributed by atoms with Crippen LogP contribution in [0.25, 0.3) is 11.3 Å². The number of rotatable bonds is 5. The summed E-state index contributed by atoms with van der Waals surface area (Å²) in [6.45, 7) is 2.22. The number of amides is 1. The Kier molecular flexibility index (Phi) is 5.00. The van der Waals surface area contributed by atoms with Crippen LogP contribution in [0.15, 0.2) is 42.5 Å². The molecular formula is C16H19N3O2. The zero-order valence-corrected chi connectivity index (χ0v) is 12.5. The first-order valence-electron chi connectivity index (χ1n) is 6.79. The highest BCUT2D eigenvalue weighted by molar-refractivity contribution is 5.93. The van der Waals surface area contributed by atoms with Crippen molar-refractivity contribution in [3.63, 3.8) is 0 Å². The SMILES string of the molecule is COC[C@@H](C)C(=O)N(C)c1ccc(-c2ccccc2)nn1. The Morgan fingerprint density at radius 1 is 1.19 bits per heavy atom. The summed E-state index contributed by atoms with van der Waals surface area (Å²) < 4.78 is 5.00. The Morgan fingerprint density at radius 2 is 1.90 bits per heavy atom. The molecule has 0 saturated heterocycles. The highest BCUT2D eigenvalue weighted by Gasteiger charge is 2.19. The van der Waals surface area contributed by atoms with Gasteiger partial charge >= 0.3 is 0 Å². The fourth-order valence-electron chi connectivity index (χ4n) is 2.03. The fourth-order valence-corrected chi connectivity index (χ4v) is 2.03. The van der Waals surface area contributed by atoms with Crippen molar-refractivity contribution in [3.05, 3.63) is 42.5 Å². The van der Waals surface area contributed by atoms with Gasteiger partial charge in [-0.1, -0.05) is 37.3 Å². The molecule has 0 aliphatic heterocycles. The summed E-state index contributed by atoms with van der Waals surface area (Å²) in [5.41, 5.74) is 1.78. The van der Waals surface area contributed by atoms with Crippen LogP contribution in [0.3, 0.4) is 0 Å². The molecule has 0 spiro atoms. The lowest BCUT2D eigenvalue weighted by molar-refractivity contribution is -0.123. The van der Waals surface area contributed by atoms with Gasteiger partial charge in [0.2, 0.25) is 5.91 Å². The quantitative estimate of drug-likeness (QED) is 0.846. The van der Waals surface area contributed by atoms with Gasteiger partial charge in [-0.2, -0.15) is 0 Å². The normalized spacial score (nSPS) is 12.0. The minimum atomic E-state index is -0.212. The van der Waals surface area contributed by atoms with Crippen molar-refractivity contribution in [2.45, 2.75) is 6.92 Å². The number of anilines is 1. The molecule has 0 unspecified atom stereocenters. The predicted molar refractivity (Wildman–Crippen MR) is 81.9 cm³/mol. The van der Waals surface area contributed by atoms with Gasteiger partial charge in [0.05, 0.1) is 18.2 Å². The van der Waals surface area contributed by atoms with Crippen molar-refractivity contribution in [2.75, 3.05) is 25.7 Å². The minimum absolute atomic E-state index is 0.0430. The van der Waals surface area contributed by atoms with Crippen LogP contribution in [0.1, 0.15) is 6.92 Å². The summed E-state index contributed by atoms with van der Waals surface area (Å²) in [6, 6.07) is 13.5. The van der Waals surface area contributed by atoms with E-state index in [0.29, 0.717) is 12.4 Å². The summed E-state index contributed by atoms with van der Waals surface area (Å²) in [7, 11) is 3.28. The van der Waals surface area contributed by atoms with Gasteiger partial charge in [0.1, 0.15) is 0 Å². The molecule has 5 heteroatoms. The van der Waals surface area contributed by atoms with Gasteiger partial charge in [-0.25, -0.2) is 0 Å². The monoisotopic (exact) mass is 285 g/mol. The molecule has 1 aromatic heterocycles. The molecule has 5 nitrogen and oxygen atoms in total. The van der Waals surface area contributed by atoms with Crippen LogP contribution in [0.5, 0.6) is 0 Å². The van der Waals surface area contributed by atoms with E-state index >= 15 is 0 Å². The van der Waals surface area contributed by atoms with E-state index < -0.39 is 0 Å². The summed E-state index contributed by atoms with van der Waals surface area (Å²) >= 11 is 0. The van der Waals surface area contributed by atoms with E-state index in [4.69, 9.17) is 4.74 Å². The smallest absolute Gasteiger partial charge is 0.233 e. The number of hydrogen-bond donors (Lipinski definition) is 0. The molecule has 1 amide bonds. The van der Waals surface area contributed by atoms with Crippen LogP contribution in [0.4, 0.5) is 5.82 Å². The second kappa shape index (κ2) is 6.95. The summed E-state index contributed by atoms with van der Waals surface area (Å²) in [4.78, 5) is 13.7. The molecule has 0 bridgehead atoms. The molecule has 0 N–H and O–H groups in total. The van der Waals surface area contributed by atoms with Crippen LogP contribution in [0, 0.1) is 5.92 Å². The summed E-state index contributed by atoms with van der Waals surface area (Å²) in [6.07, 6.45) is 0. The Morgan fingerprint density at radius 3 is 2.48 bits per heavy atom. The maximum Gasteiger partial charge on any atom is 0.233 e. The number of hydrogen-bond acceptors (Lipinski definition) is 4. The zero-order chi connectivity index (χ0) is 15.2. The maximum absolute atomic E-state index is 12.2. The summed E-state index contributed by atoms with van der Waals surface area (Å²) in [5, 5.41) is 8.32. The van der Waals surface area contributed by atoms with E-state index in [9.17, 15) is 4.79 Å². The minimum Gasteiger partial charge on any atom is -0.384 e. The van der Waals surface area contributed by atoms with Gasteiger partial charge in [-0.3, -0.25) is 9.69 Å². The first-order chi connectivity index (χ1) is 10.1. The highest BCUT2D eigenvalue weighted by Crippen LogP contribution is 2.18. The maximum atomic E-state index is 12.2. The van der Waals surface area contributed by atoms with E-state index in [1.54, 1.807) is 20.2 Å². The topological polar surface area (TPSA) is 55.3 Å². The third kappa shape index (κ3) is 3.64. The second-order valence-electron chi connectivity index (χ2n) is 4.90. The molecule has 2 aromatic rings. The highest BCUT2D eigenvalue weighted by atomic mass is 16.5. The molecule has 0 saturated carbocycles. The summed E-state index contributed by atoms with van der Waals surface area (Å²) in [5.74, 6) is 0.275. The molecule has 21 heavy (non-hydrogen) atoms. The second-order valence-corrected chi connectivity index (χ2v) is 4.90. The number of carbonyl (C=O) groups is 1.